The molecule has 5 nitrogen and oxygen atoms in total. The van der Waals surface area contributed by atoms with Crippen LogP contribution in [-0.4, -0.2) is 55.3 Å². The molecule has 0 radical (unpaired) electrons. The van der Waals surface area contributed by atoms with Gasteiger partial charge in [0.05, 0.1) is 18.0 Å². The molecular weight excluding hydrogens is 323 g/mol. The molecule has 0 aliphatic carbocycles. The first-order chi connectivity index (χ1) is 11.2. The largest absolute Gasteiger partial charge is 0.416 e. The first-order valence-corrected chi connectivity index (χ1v) is 7.57. The number of alkyl halides is 3. The van der Waals surface area contributed by atoms with Crippen molar-refractivity contribution in [2.45, 2.75) is 12.6 Å². The Hall–Kier alpha value is -2.09. The molecule has 8 heteroatoms. The van der Waals surface area contributed by atoms with E-state index in [4.69, 9.17) is 0 Å². The van der Waals surface area contributed by atoms with Crippen molar-refractivity contribution in [3.05, 3.63) is 29.8 Å². The zero-order chi connectivity index (χ0) is 17.9. The lowest BCUT2D eigenvalue weighted by molar-refractivity contribution is -0.137. The maximum absolute atomic E-state index is 12.7. The maximum Gasteiger partial charge on any atom is 0.416 e. The monoisotopic (exact) mass is 343 g/mol. The average Bonchev–Trinajstić information content (AvgIpc) is 2.93. The van der Waals surface area contributed by atoms with E-state index in [-0.39, 0.29) is 24.1 Å². The van der Waals surface area contributed by atoms with E-state index in [1.54, 1.807) is 14.1 Å². The molecule has 2 amide bonds. The zero-order valence-corrected chi connectivity index (χ0v) is 13.6. The molecule has 0 aromatic heterocycles. The molecule has 1 N–H and O–H groups in total. The van der Waals surface area contributed by atoms with Gasteiger partial charge in [0.15, 0.2) is 0 Å². The van der Waals surface area contributed by atoms with Gasteiger partial charge in [-0.25, -0.2) is 0 Å². The van der Waals surface area contributed by atoms with Crippen molar-refractivity contribution in [3.63, 3.8) is 0 Å². The van der Waals surface area contributed by atoms with Gasteiger partial charge in [0.2, 0.25) is 11.8 Å². The second-order valence-electron chi connectivity index (χ2n) is 6.08. The van der Waals surface area contributed by atoms with Gasteiger partial charge in [-0.05, 0) is 31.2 Å². The Morgan fingerprint density at radius 3 is 2.67 bits per heavy atom. The Morgan fingerprint density at radius 2 is 2.04 bits per heavy atom. The van der Waals surface area contributed by atoms with Gasteiger partial charge in [0.1, 0.15) is 0 Å². The van der Waals surface area contributed by atoms with Gasteiger partial charge in [0, 0.05) is 26.3 Å². The van der Waals surface area contributed by atoms with Gasteiger partial charge in [-0.3, -0.25) is 14.5 Å². The van der Waals surface area contributed by atoms with Crippen molar-refractivity contribution in [2.75, 3.05) is 39.0 Å². The molecule has 1 aromatic carbocycles. The van der Waals surface area contributed by atoms with Crippen molar-refractivity contribution in [1.82, 2.24) is 9.80 Å². The van der Waals surface area contributed by atoms with Crippen molar-refractivity contribution >= 4 is 17.5 Å². The number of hydrogen-bond donors (Lipinski definition) is 1. The molecule has 1 fully saturated rings. The highest BCUT2D eigenvalue weighted by Crippen LogP contribution is 2.30. The summed E-state index contributed by atoms with van der Waals surface area (Å²) in [5.74, 6) is -0.510. The second-order valence-corrected chi connectivity index (χ2v) is 6.08. The van der Waals surface area contributed by atoms with Crippen LogP contribution in [0.4, 0.5) is 18.9 Å². The van der Waals surface area contributed by atoms with Crippen molar-refractivity contribution in [2.24, 2.45) is 5.92 Å². The molecule has 24 heavy (non-hydrogen) atoms. The van der Waals surface area contributed by atoms with E-state index in [9.17, 15) is 22.8 Å². The normalized spacial score (nSPS) is 18.5. The third-order valence-corrected chi connectivity index (χ3v) is 3.90. The van der Waals surface area contributed by atoms with Crippen LogP contribution in [0.15, 0.2) is 24.3 Å². The molecule has 132 valence electrons. The van der Waals surface area contributed by atoms with E-state index in [0.717, 1.165) is 12.1 Å². The van der Waals surface area contributed by atoms with Gasteiger partial charge < -0.3 is 10.2 Å². The van der Waals surface area contributed by atoms with Crippen molar-refractivity contribution in [3.8, 4) is 0 Å². The number of amides is 2. The topological polar surface area (TPSA) is 52.7 Å². The summed E-state index contributed by atoms with van der Waals surface area (Å²) in [5.41, 5.74) is -0.701. The van der Waals surface area contributed by atoms with E-state index in [1.807, 2.05) is 4.90 Å². The van der Waals surface area contributed by atoms with Crippen LogP contribution in [0, 0.1) is 5.92 Å². The first kappa shape index (κ1) is 18.3. The summed E-state index contributed by atoms with van der Waals surface area (Å²) < 4.78 is 38.0. The molecule has 1 aliphatic heterocycles. The lowest BCUT2D eigenvalue weighted by Crippen LogP contribution is -2.35. The summed E-state index contributed by atoms with van der Waals surface area (Å²) in [6, 6.07) is 4.52. The van der Waals surface area contributed by atoms with Gasteiger partial charge in [-0.15, -0.1) is 0 Å². The van der Waals surface area contributed by atoms with Crippen LogP contribution in [0.5, 0.6) is 0 Å². The number of anilines is 1. The van der Waals surface area contributed by atoms with Crippen LogP contribution in [0.2, 0.25) is 0 Å². The molecule has 1 saturated heterocycles. The molecule has 1 aromatic rings. The number of nitrogens with one attached hydrogen (secondary N) is 1. The number of halogens is 3. The second kappa shape index (κ2) is 7.21. The summed E-state index contributed by atoms with van der Waals surface area (Å²) >= 11 is 0. The summed E-state index contributed by atoms with van der Waals surface area (Å²) in [4.78, 5) is 27.3. The Labute approximate surface area is 138 Å². The average molecular weight is 343 g/mol. The predicted molar refractivity (Wildman–Crippen MR) is 83.3 cm³/mol. The molecule has 0 bridgehead atoms. The fourth-order valence-corrected chi connectivity index (χ4v) is 2.72. The van der Waals surface area contributed by atoms with E-state index in [0.29, 0.717) is 19.5 Å². The maximum atomic E-state index is 12.7. The number of nitrogens with zero attached hydrogens (tertiary/aromatic N) is 2. The summed E-state index contributed by atoms with van der Waals surface area (Å²) in [5, 5.41) is 2.47. The predicted octanol–water partition coefficient (Wildman–Crippen LogP) is 2.05. The van der Waals surface area contributed by atoms with E-state index < -0.39 is 17.6 Å². The molecule has 0 spiro atoms. The van der Waals surface area contributed by atoms with Crippen LogP contribution in [-0.2, 0) is 15.8 Å². The Morgan fingerprint density at radius 1 is 1.33 bits per heavy atom. The highest BCUT2D eigenvalue weighted by Gasteiger charge is 2.31. The van der Waals surface area contributed by atoms with E-state index in [2.05, 4.69) is 5.32 Å². The number of benzene rings is 1. The fourth-order valence-electron chi connectivity index (χ4n) is 2.72. The highest BCUT2D eigenvalue weighted by atomic mass is 19.4. The van der Waals surface area contributed by atoms with Crippen molar-refractivity contribution < 1.29 is 22.8 Å². The minimum Gasteiger partial charge on any atom is -0.349 e. The minimum absolute atomic E-state index is 0.0239. The fraction of sp³-hybridized carbons (Fsp3) is 0.500. The lowest BCUT2D eigenvalue weighted by Gasteiger charge is -2.18. The number of carbonyl (C=O) groups excluding carboxylic acids is 2. The summed E-state index contributed by atoms with van der Waals surface area (Å²) in [6.45, 7) is 1.14. The zero-order valence-electron chi connectivity index (χ0n) is 13.6. The quantitative estimate of drug-likeness (QED) is 0.910. The van der Waals surface area contributed by atoms with Crippen LogP contribution in [0.3, 0.4) is 0 Å². The Kier molecular flexibility index (Phi) is 5.48. The summed E-state index contributed by atoms with van der Waals surface area (Å²) in [7, 11) is 3.37. The number of carbonyl (C=O) groups is 2. The van der Waals surface area contributed by atoms with Gasteiger partial charge in [0.25, 0.3) is 0 Å². The van der Waals surface area contributed by atoms with Crippen LogP contribution in [0.1, 0.15) is 12.0 Å². The Balaban J connectivity index is 1.89. The number of rotatable bonds is 4. The SMILES string of the molecule is CN(C)C(=O)C1CCN(CC(=O)Nc2cccc(C(F)(F)F)c2)C1. The smallest absolute Gasteiger partial charge is 0.349 e. The van der Waals surface area contributed by atoms with Crippen LogP contribution >= 0.6 is 0 Å². The molecule has 0 saturated carbocycles. The van der Waals surface area contributed by atoms with Crippen LogP contribution in [0.25, 0.3) is 0 Å². The van der Waals surface area contributed by atoms with Gasteiger partial charge in [-0.2, -0.15) is 13.2 Å². The van der Waals surface area contributed by atoms with Gasteiger partial charge in [-0.1, -0.05) is 6.07 Å². The minimum atomic E-state index is -4.45. The highest BCUT2D eigenvalue weighted by molar-refractivity contribution is 5.92. The third-order valence-electron chi connectivity index (χ3n) is 3.90. The first-order valence-electron chi connectivity index (χ1n) is 7.57. The molecule has 2 rings (SSSR count). The van der Waals surface area contributed by atoms with E-state index in [1.165, 1.54) is 17.0 Å². The molecule has 1 unspecified atom stereocenters. The number of likely N-dealkylation sites (tertiary alicyclic amines) is 1. The molecule has 1 aliphatic rings. The Bertz CT molecular complexity index is 617. The molecule has 1 heterocycles. The van der Waals surface area contributed by atoms with Gasteiger partial charge >= 0.3 is 6.18 Å². The third kappa shape index (κ3) is 4.70. The lowest BCUT2D eigenvalue weighted by atomic mass is 10.1. The molecular formula is C16H20F3N3O2. The van der Waals surface area contributed by atoms with E-state index >= 15 is 0 Å². The van der Waals surface area contributed by atoms with Crippen molar-refractivity contribution in [1.29, 1.82) is 0 Å². The standard InChI is InChI=1S/C16H20F3N3O2/c1-21(2)15(24)11-6-7-22(9-11)10-14(23)20-13-5-3-4-12(8-13)16(17,18)19/h3-5,8,11H,6-7,9-10H2,1-2H3,(H,20,23). The molecule has 1 atom stereocenters. The number of hydrogen-bond acceptors (Lipinski definition) is 3. The summed E-state index contributed by atoms with van der Waals surface area (Å²) in [6.07, 6.45) is -3.77. The van der Waals surface area contributed by atoms with Crippen LogP contribution < -0.4 is 5.32 Å².